The summed E-state index contributed by atoms with van der Waals surface area (Å²) in [7, 11) is 0. The molecule has 0 atom stereocenters. The van der Waals surface area contributed by atoms with Crippen molar-refractivity contribution in [2.24, 2.45) is 5.92 Å². The fraction of sp³-hybridized carbons (Fsp3) is 0.360. The summed E-state index contributed by atoms with van der Waals surface area (Å²) >= 11 is 0. The third-order valence-corrected chi connectivity index (χ3v) is 6.10. The van der Waals surface area contributed by atoms with Gasteiger partial charge in [0.2, 0.25) is 5.91 Å². The van der Waals surface area contributed by atoms with E-state index in [1.807, 2.05) is 42.6 Å². The molecule has 0 radical (unpaired) electrons. The van der Waals surface area contributed by atoms with E-state index in [1.165, 1.54) is 0 Å². The molecule has 166 valence electrons. The third kappa shape index (κ3) is 4.78. The number of benzene rings is 2. The van der Waals surface area contributed by atoms with E-state index >= 15 is 0 Å². The molecule has 0 spiro atoms. The van der Waals surface area contributed by atoms with Gasteiger partial charge in [0.05, 0.1) is 6.54 Å². The highest BCUT2D eigenvalue weighted by Gasteiger charge is 2.22. The van der Waals surface area contributed by atoms with Crippen LogP contribution in [0.15, 0.2) is 60.9 Å². The molecule has 3 heterocycles. The second-order valence-electron chi connectivity index (χ2n) is 8.40. The Hall–Kier alpha value is -3.32. The summed E-state index contributed by atoms with van der Waals surface area (Å²) in [6.45, 7) is 4.31. The zero-order valence-corrected chi connectivity index (χ0v) is 18.1. The van der Waals surface area contributed by atoms with E-state index in [0.29, 0.717) is 31.4 Å². The number of hydrogen-bond donors (Lipinski definition) is 1. The second kappa shape index (κ2) is 9.44. The summed E-state index contributed by atoms with van der Waals surface area (Å²) in [5, 5.41) is 2.98. The molecule has 0 bridgehead atoms. The molecule has 3 aromatic rings. The number of ether oxygens (including phenoxy) is 2. The molecular formula is C25H28N4O3. The Morgan fingerprint density at radius 1 is 1.03 bits per heavy atom. The Labute approximate surface area is 188 Å². The summed E-state index contributed by atoms with van der Waals surface area (Å²) in [5.41, 5.74) is 1.88. The van der Waals surface area contributed by atoms with Gasteiger partial charge in [0.1, 0.15) is 19.0 Å². The van der Waals surface area contributed by atoms with Crippen LogP contribution in [0.2, 0.25) is 0 Å². The number of amides is 1. The Morgan fingerprint density at radius 2 is 1.81 bits per heavy atom. The predicted octanol–water partition coefficient (Wildman–Crippen LogP) is 3.67. The van der Waals surface area contributed by atoms with Crippen LogP contribution in [0.1, 0.15) is 12.8 Å². The van der Waals surface area contributed by atoms with Crippen molar-refractivity contribution >= 4 is 11.6 Å². The van der Waals surface area contributed by atoms with Gasteiger partial charge in [-0.15, -0.1) is 0 Å². The van der Waals surface area contributed by atoms with Crippen LogP contribution in [0.3, 0.4) is 0 Å². The molecule has 1 amide bonds. The van der Waals surface area contributed by atoms with Gasteiger partial charge in [-0.3, -0.25) is 9.69 Å². The molecule has 1 saturated heterocycles. The number of hydrogen-bond acceptors (Lipinski definition) is 5. The van der Waals surface area contributed by atoms with E-state index < -0.39 is 0 Å². The Balaban J connectivity index is 1.11. The molecule has 2 aliphatic heterocycles. The van der Waals surface area contributed by atoms with Crippen molar-refractivity contribution in [1.82, 2.24) is 14.5 Å². The number of carbonyl (C=O) groups is 1. The largest absolute Gasteiger partial charge is 0.486 e. The maximum atomic E-state index is 12.6. The lowest BCUT2D eigenvalue weighted by atomic mass is 9.96. The molecule has 2 aromatic carbocycles. The van der Waals surface area contributed by atoms with Gasteiger partial charge in [-0.2, -0.15) is 0 Å². The van der Waals surface area contributed by atoms with Gasteiger partial charge < -0.3 is 19.4 Å². The highest BCUT2D eigenvalue weighted by atomic mass is 16.6. The standard InChI is InChI=1S/C25H28N4O3/c30-24(27-21-6-7-22-23(16-21)32-15-14-31-22)18-28-11-8-19(9-12-28)17-29-13-10-26-25(29)20-4-2-1-3-5-20/h1-7,10,13,16,19H,8-9,11-12,14-15,17-18H2,(H,27,30). The first kappa shape index (κ1) is 20.6. The first-order chi connectivity index (χ1) is 15.7. The maximum Gasteiger partial charge on any atom is 0.238 e. The van der Waals surface area contributed by atoms with Crippen LogP contribution in [0.5, 0.6) is 11.5 Å². The van der Waals surface area contributed by atoms with Crippen LogP contribution < -0.4 is 14.8 Å². The number of piperidine rings is 1. The van der Waals surface area contributed by atoms with E-state index in [-0.39, 0.29) is 5.91 Å². The van der Waals surface area contributed by atoms with E-state index in [2.05, 4.69) is 38.1 Å². The van der Waals surface area contributed by atoms with Crippen molar-refractivity contribution < 1.29 is 14.3 Å². The Morgan fingerprint density at radius 3 is 2.62 bits per heavy atom. The maximum absolute atomic E-state index is 12.6. The molecule has 7 heteroatoms. The SMILES string of the molecule is O=C(CN1CCC(Cn2ccnc2-c2ccccc2)CC1)Nc1ccc2c(c1)OCCO2. The van der Waals surface area contributed by atoms with Crippen LogP contribution in [0.4, 0.5) is 5.69 Å². The highest BCUT2D eigenvalue weighted by molar-refractivity contribution is 5.92. The minimum absolute atomic E-state index is 0.00102. The highest BCUT2D eigenvalue weighted by Crippen LogP contribution is 2.32. The second-order valence-corrected chi connectivity index (χ2v) is 8.40. The Bertz CT molecular complexity index is 1060. The van der Waals surface area contributed by atoms with E-state index in [4.69, 9.17) is 9.47 Å². The van der Waals surface area contributed by atoms with Gasteiger partial charge in [-0.05, 0) is 44.0 Å². The molecule has 1 fully saturated rings. The van der Waals surface area contributed by atoms with E-state index in [1.54, 1.807) is 0 Å². The number of likely N-dealkylation sites (tertiary alicyclic amines) is 1. The van der Waals surface area contributed by atoms with Crippen molar-refractivity contribution in [3.63, 3.8) is 0 Å². The Kier molecular flexibility index (Phi) is 6.07. The van der Waals surface area contributed by atoms with Gasteiger partial charge >= 0.3 is 0 Å². The van der Waals surface area contributed by atoms with Crippen molar-refractivity contribution in [3.8, 4) is 22.9 Å². The van der Waals surface area contributed by atoms with Crippen LogP contribution in [0, 0.1) is 5.92 Å². The van der Waals surface area contributed by atoms with Crippen LogP contribution in [-0.4, -0.2) is 53.2 Å². The van der Waals surface area contributed by atoms with Gasteiger partial charge in [-0.25, -0.2) is 4.98 Å². The topological polar surface area (TPSA) is 68.6 Å². The van der Waals surface area contributed by atoms with Gasteiger partial charge in [0.15, 0.2) is 11.5 Å². The van der Waals surface area contributed by atoms with Gasteiger partial charge in [-0.1, -0.05) is 30.3 Å². The summed E-state index contributed by atoms with van der Waals surface area (Å²) in [4.78, 5) is 19.3. The minimum atomic E-state index is 0.00102. The molecule has 0 aliphatic carbocycles. The minimum Gasteiger partial charge on any atom is -0.486 e. The average Bonchev–Trinajstić information content (AvgIpc) is 3.29. The molecule has 5 rings (SSSR count). The van der Waals surface area contributed by atoms with E-state index in [9.17, 15) is 4.79 Å². The summed E-state index contributed by atoms with van der Waals surface area (Å²) in [6, 6.07) is 15.8. The van der Waals surface area contributed by atoms with Crippen molar-refractivity contribution in [2.45, 2.75) is 19.4 Å². The molecule has 1 N–H and O–H groups in total. The zero-order chi connectivity index (χ0) is 21.8. The number of imidazole rings is 1. The number of fused-ring (bicyclic) bond motifs is 1. The quantitative estimate of drug-likeness (QED) is 0.644. The van der Waals surface area contributed by atoms with Crippen molar-refractivity contribution in [1.29, 1.82) is 0 Å². The molecular weight excluding hydrogens is 404 g/mol. The van der Waals surface area contributed by atoms with Gasteiger partial charge in [0, 0.05) is 36.3 Å². The average molecular weight is 433 g/mol. The molecule has 1 aromatic heterocycles. The van der Waals surface area contributed by atoms with Crippen LogP contribution in [0.25, 0.3) is 11.4 Å². The summed E-state index contributed by atoms with van der Waals surface area (Å²) in [5.74, 6) is 3.02. The van der Waals surface area contributed by atoms with Gasteiger partial charge in [0.25, 0.3) is 0 Å². The fourth-order valence-corrected chi connectivity index (χ4v) is 4.43. The number of nitrogens with zero attached hydrogens (tertiary/aromatic N) is 3. The lowest BCUT2D eigenvalue weighted by molar-refractivity contribution is -0.117. The third-order valence-electron chi connectivity index (χ3n) is 6.10. The first-order valence-electron chi connectivity index (χ1n) is 11.2. The number of rotatable bonds is 6. The smallest absolute Gasteiger partial charge is 0.238 e. The molecule has 32 heavy (non-hydrogen) atoms. The molecule has 7 nitrogen and oxygen atoms in total. The first-order valence-corrected chi connectivity index (χ1v) is 11.2. The number of anilines is 1. The summed E-state index contributed by atoms with van der Waals surface area (Å²) in [6.07, 6.45) is 6.09. The zero-order valence-electron chi connectivity index (χ0n) is 18.1. The lowest BCUT2D eigenvalue weighted by Gasteiger charge is -2.31. The fourth-order valence-electron chi connectivity index (χ4n) is 4.43. The van der Waals surface area contributed by atoms with Crippen LogP contribution in [-0.2, 0) is 11.3 Å². The normalized spacial score (nSPS) is 16.6. The van der Waals surface area contributed by atoms with E-state index in [0.717, 1.165) is 55.3 Å². The summed E-state index contributed by atoms with van der Waals surface area (Å²) < 4.78 is 13.4. The predicted molar refractivity (Wildman–Crippen MR) is 123 cm³/mol. The molecule has 0 saturated carbocycles. The number of aromatic nitrogens is 2. The van der Waals surface area contributed by atoms with Crippen molar-refractivity contribution in [3.05, 3.63) is 60.9 Å². The number of carbonyl (C=O) groups excluding carboxylic acids is 1. The number of nitrogens with one attached hydrogen (secondary N) is 1. The molecule has 2 aliphatic rings. The van der Waals surface area contributed by atoms with Crippen LogP contribution >= 0.6 is 0 Å². The monoisotopic (exact) mass is 432 g/mol. The molecule has 0 unspecified atom stereocenters. The lowest BCUT2D eigenvalue weighted by Crippen LogP contribution is -2.40. The van der Waals surface area contributed by atoms with Crippen molar-refractivity contribution in [2.75, 3.05) is 38.2 Å².